The van der Waals surface area contributed by atoms with E-state index in [4.69, 9.17) is 21.7 Å². The highest BCUT2D eigenvalue weighted by atomic mass is 32.1. The fourth-order valence-corrected chi connectivity index (χ4v) is 3.68. The third-order valence-corrected chi connectivity index (χ3v) is 5.05. The number of Topliss-reactive ketones (excluding diaryl/α,β-unsaturated/α-hetero) is 1. The molecule has 0 radical (unpaired) electrons. The maximum Gasteiger partial charge on any atom is 0.279 e. The van der Waals surface area contributed by atoms with Crippen molar-refractivity contribution in [3.63, 3.8) is 0 Å². The van der Waals surface area contributed by atoms with Crippen molar-refractivity contribution in [3.8, 4) is 11.5 Å². The molecule has 0 aromatic heterocycles. The molecular weight excluding hydrogens is 418 g/mol. The highest BCUT2D eigenvalue weighted by molar-refractivity contribution is 7.80. The van der Waals surface area contributed by atoms with Crippen molar-refractivity contribution in [3.05, 3.63) is 75.0 Å². The third kappa shape index (κ3) is 4.66. The minimum Gasteiger partial charge on any atom is -0.493 e. The van der Waals surface area contributed by atoms with Gasteiger partial charge in [-0.25, -0.2) is 0 Å². The van der Waals surface area contributed by atoms with Crippen LogP contribution in [0, 0.1) is 10.1 Å². The lowest BCUT2D eigenvalue weighted by atomic mass is 9.88. The number of methoxy groups -OCH3 is 1. The first-order valence-electron chi connectivity index (χ1n) is 9.74. The first-order chi connectivity index (χ1) is 14.9. The smallest absolute Gasteiger partial charge is 0.279 e. The number of ketones is 1. The second-order valence-electron chi connectivity index (χ2n) is 6.93. The molecule has 0 fully saturated rings. The average molecular weight is 442 g/mol. The molecule has 31 heavy (non-hydrogen) atoms. The zero-order chi connectivity index (χ0) is 22.5. The van der Waals surface area contributed by atoms with Gasteiger partial charge in [0.2, 0.25) is 0 Å². The number of allylic oxidation sites excluding steroid dienone is 1. The van der Waals surface area contributed by atoms with E-state index in [0.29, 0.717) is 29.2 Å². The summed E-state index contributed by atoms with van der Waals surface area (Å²) in [5.74, 6) is 0.351. The first kappa shape index (κ1) is 22.2. The molecule has 1 unspecified atom stereocenters. The number of carbonyl (C=O) groups is 1. The van der Waals surface area contributed by atoms with Gasteiger partial charge in [-0.2, -0.15) is 0 Å². The molecule has 9 heteroatoms. The van der Waals surface area contributed by atoms with Gasteiger partial charge < -0.3 is 20.1 Å². The molecule has 2 aromatic rings. The fourth-order valence-electron chi connectivity index (χ4n) is 3.41. The average Bonchev–Trinajstić information content (AvgIpc) is 2.76. The molecule has 0 bridgehead atoms. The largest absolute Gasteiger partial charge is 0.493 e. The monoisotopic (exact) mass is 441 g/mol. The van der Waals surface area contributed by atoms with Crippen molar-refractivity contribution in [2.45, 2.75) is 26.3 Å². The predicted molar refractivity (Wildman–Crippen MR) is 121 cm³/mol. The topological polar surface area (TPSA) is 103 Å². The van der Waals surface area contributed by atoms with Crippen LogP contribution in [-0.4, -0.2) is 29.5 Å². The Kier molecular flexibility index (Phi) is 6.86. The molecule has 162 valence electrons. The summed E-state index contributed by atoms with van der Waals surface area (Å²) in [6.07, 6.45) is 0.752. The molecule has 2 aromatic carbocycles. The van der Waals surface area contributed by atoms with Crippen LogP contribution < -0.4 is 20.1 Å². The second kappa shape index (κ2) is 9.57. The quantitative estimate of drug-likeness (QED) is 0.274. The van der Waals surface area contributed by atoms with Crippen LogP contribution in [0.1, 0.15) is 42.2 Å². The number of nitro groups is 1. The van der Waals surface area contributed by atoms with Gasteiger partial charge in [-0.1, -0.05) is 37.3 Å². The number of ether oxygens (including phenoxy) is 2. The standard InChI is InChI=1S/C22H23N3O5S/c1-4-10-30-18-11-15(16(25(27)28)12-17(18)29-3)20-19(13(2)23-22(31)24-20)21(26)14-8-6-5-7-9-14/h5-9,11-12,20H,4,10H2,1-3H3,(H2,23,24,31). The number of nitrogens with zero attached hydrogens (tertiary/aromatic N) is 1. The Morgan fingerprint density at radius 2 is 1.94 bits per heavy atom. The van der Waals surface area contributed by atoms with Gasteiger partial charge in [0.1, 0.15) is 0 Å². The van der Waals surface area contributed by atoms with Gasteiger partial charge in [-0.05, 0) is 31.6 Å². The normalized spacial score (nSPS) is 15.7. The highest BCUT2D eigenvalue weighted by Crippen LogP contribution is 2.41. The molecular formula is C22H23N3O5S. The van der Waals surface area contributed by atoms with E-state index in [1.807, 2.05) is 13.0 Å². The van der Waals surface area contributed by atoms with E-state index in [2.05, 4.69) is 10.6 Å². The van der Waals surface area contributed by atoms with E-state index in [1.54, 1.807) is 37.3 Å². The van der Waals surface area contributed by atoms with Gasteiger partial charge in [0, 0.05) is 16.8 Å². The van der Waals surface area contributed by atoms with Crippen LogP contribution in [0.25, 0.3) is 0 Å². The molecule has 0 aliphatic carbocycles. The SMILES string of the molecule is CCCOc1cc(C2NC(=S)NC(C)=C2C(=O)c2ccccc2)c([N+](=O)[O-])cc1OC. The van der Waals surface area contributed by atoms with Gasteiger partial charge >= 0.3 is 0 Å². The Morgan fingerprint density at radius 1 is 1.23 bits per heavy atom. The Labute approximate surface area is 185 Å². The molecule has 1 aliphatic heterocycles. The third-order valence-electron chi connectivity index (χ3n) is 4.83. The minimum absolute atomic E-state index is 0.200. The Bertz CT molecular complexity index is 1050. The Hall–Kier alpha value is -3.46. The summed E-state index contributed by atoms with van der Waals surface area (Å²) >= 11 is 5.28. The van der Waals surface area contributed by atoms with Crippen LogP contribution in [0.4, 0.5) is 5.69 Å². The molecule has 1 aliphatic rings. The van der Waals surface area contributed by atoms with E-state index in [-0.39, 0.29) is 27.9 Å². The summed E-state index contributed by atoms with van der Waals surface area (Å²) in [7, 11) is 1.42. The van der Waals surface area contributed by atoms with Crippen molar-refractivity contribution in [1.82, 2.24) is 10.6 Å². The van der Waals surface area contributed by atoms with Crippen molar-refractivity contribution in [2.75, 3.05) is 13.7 Å². The summed E-state index contributed by atoms with van der Waals surface area (Å²) in [5.41, 5.74) is 1.41. The first-order valence-corrected chi connectivity index (χ1v) is 10.1. The van der Waals surface area contributed by atoms with E-state index in [9.17, 15) is 14.9 Å². The number of rotatable bonds is 8. The van der Waals surface area contributed by atoms with Crippen molar-refractivity contribution >= 4 is 28.8 Å². The molecule has 2 N–H and O–H groups in total. The number of nitro benzene ring substituents is 1. The van der Waals surface area contributed by atoms with Crippen LogP contribution in [0.2, 0.25) is 0 Å². The van der Waals surface area contributed by atoms with E-state index in [0.717, 1.165) is 6.42 Å². The predicted octanol–water partition coefficient (Wildman–Crippen LogP) is 4.07. The molecule has 3 rings (SSSR count). The summed E-state index contributed by atoms with van der Waals surface area (Å²) < 4.78 is 11.0. The van der Waals surface area contributed by atoms with Crippen LogP contribution >= 0.6 is 12.2 Å². The van der Waals surface area contributed by atoms with Gasteiger partial charge in [-0.15, -0.1) is 0 Å². The number of hydrogen-bond acceptors (Lipinski definition) is 6. The van der Waals surface area contributed by atoms with Crippen molar-refractivity contribution in [2.24, 2.45) is 0 Å². The molecule has 1 atom stereocenters. The molecule has 8 nitrogen and oxygen atoms in total. The summed E-state index contributed by atoms with van der Waals surface area (Å²) in [6.45, 7) is 4.09. The maximum atomic E-state index is 13.4. The van der Waals surface area contributed by atoms with Crippen LogP contribution in [-0.2, 0) is 0 Å². The van der Waals surface area contributed by atoms with E-state index in [1.165, 1.54) is 13.2 Å². The van der Waals surface area contributed by atoms with Gasteiger partial charge in [0.15, 0.2) is 22.4 Å². The summed E-state index contributed by atoms with van der Waals surface area (Å²) in [6, 6.07) is 10.8. The summed E-state index contributed by atoms with van der Waals surface area (Å²) in [4.78, 5) is 24.7. The zero-order valence-corrected chi connectivity index (χ0v) is 18.2. The van der Waals surface area contributed by atoms with Gasteiger partial charge in [0.25, 0.3) is 5.69 Å². The van der Waals surface area contributed by atoms with Crippen LogP contribution in [0.5, 0.6) is 11.5 Å². The number of carbonyl (C=O) groups excluding carboxylic acids is 1. The second-order valence-corrected chi connectivity index (χ2v) is 7.34. The molecule has 0 saturated heterocycles. The summed E-state index contributed by atoms with van der Waals surface area (Å²) in [5, 5.41) is 18.1. The zero-order valence-electron chi connectivity index (χ0n) is 17.4. The lowest BCUT2D eigenvalue weighted by Crippen LogP contribution is -2.45. The fraction of sp³-hybridized carbons (Fsp3) is 0.273. The number of benzene rings is 2. The highest BCUT2D eigenvalue weighted by Gasteiger charge is 2.35. The molecule has 1 heterocycles. The van der Waals surface area contributed by atoms with Crippen LogP contribution in [0.3, 0.4) is 0 Å². The lowest BCUT2D eigenvalue weighted by molar-refractivity contribution is -0.385. The number of thiocarbonyl (C=S) groups is 1. The van der Waals surface area contributed by atoms with Gasteiger partial charge in [-0.3, -0.25) is 14.9 Å². The van der Waals surface area contributed by atoms with E-state index >= 15 is 0 Å². The Morgan fingerprint density at radius 3 is 2.55 bits per heavy atom. The van der Waals surface area contributed by atoms with Crippen molar-refractivity contribution in [1.29, 1.82) is 0 Å². The minimum atomic E-state index is -0.836. The molecule has 0 amide bonds. The Balaban J connectivity index is 2.19. The molecule has 0 spiro atoms. The number of hydrogen-bond donors (Lipinski definition) is 2. The molecule has 0 saturated carbocycles. The lowest BCUT2D eigenvalue weighted by Gasteiger charge is -2.30. The van der Waals surface area contributed by atoms with Crippen molar-refractivity contribution < 1.29 is 19.2 Å². The van der Waals surface area contributed by atoms with E-state index < -0.39 is 11.0 Å². The maximum absolute atomic E-state index is 13.4. The van der Waals surface area contributed by atoms with Gasteiger partial charge in [0.05, 0.1) is 36.3 Å². The van der Waals surface area contributed by atoms with Crippen LogP contribution in [0.15, 0.2) is 53.7 Å². The number of nitrogens with one attached hydrogen (secondary N) is 2.